The first-order valence-corrected chi connectivity index (χ1v) is 17.3. The van der Waals surface area contributed by atoms with E-state index in [1.165, 1.54) is 6.08 Å². The van der Waals surface area contributed by atoms with Crippen LogP contribution in [0.1, 0.15) is 58.8 Å². The van der Waals surface area contributed by atoms with Gasteiger partial charge in [-0.25, -0.2) is 4.39 Å². The molecule has 0 radical (unpaired) electrons. The van der Waals surface area contributed by atoms with Crippen molar-refractivity contribution < 1.29 is 33.6 Å². The van der Waals surface area contributed by atoms with Gasteiger partial charge < -0.3 is 34.5 Å². The van der Waals surface area contributed by atoms with E-state index in [9.17, 15) is 14.6 Å². The number of aliphatic hydroxyl groups excluding tert-OH is 2. The second-order valence-corrected chi connectivity index (χ2v) is 12.3. The lowest BCUT2D eigenvalue weighted by molar-refractivity contribution is -0.0184. The molecule has 264 valence electrons. The Bertz CT molecular complexity index is 1460. The number of ether oxygens (including phenoxy) is 4. The quantitative estimate of drug-likeness (QED) is 0.0687. The van der Waals surface area contributed by atoms with Gasteiger partial charge in [0, 0.05) is 43.6 Å². The summed E-state index contributed by atoms with van der Waals surface area (Å²) in [6.45, 7) is 7.57. The molecule has 48 heavy (non-hydrogen) atoms. The third-order valence-corrected chi connectivity index (χ3v) is 8.60. The van der Waals surface area contributed by atoms with Crippen LogP contribution < -0.4 is 30.2 Å². The molecular weight excluding hydrogens is 639 g/mol. The van der Waals surface area contributed by atoms with Crippen LogP contribution in [0.3, 0.4) is 0 Å². The number of methoxy groups -OCH3 is 1. The molecule has 0 spiro atoms. The van der Waals surface area contributed by atoms with Gasteiger partial charge >= 0.3 is 0 Å². The summed E-state index contributed by atoms with van der Waals surface area (Å²) < 4.78 is 38.5. The van der Waals surface area contributed by atoms with Gasteiger partial charge in [0.1, 0.15) is 29.8 Å². The normalized spacial score (nSPS) is 17.7. The van der Waals surface area contributed by atoms with E-state index in [1.54, 1.807) is 38.4 Å². The fourth-order valence-corrected chi connectivity index (χ4v) is 5.77. The summed E-state index contributed by atoms with van der Waals surface area (Å²) in [5.74, 6) is 2.44. The van der Waals surface area contributed by atoms with E-state index < -0.39 is 18.3 Å². The van der Waals surface area contributed by atoms with Crippen molar-refractivity contribution in [3.63, 3.8) is 0 Å². The molecule has 1 aromatic carbocycles. The second kappa shape index (κ2) is 19.7. The molecule has 5 N–H and O–H groups in total. The minimum atomic E-state index is -1.25. The SMILES string of the molecule is CCCOC1=C(Cl)C=C(CCNC(O)C(O)NC/C=C\C(Oc2ccnc3cc(OCC4CCNCC4)c(OC)cc23)=C(\F)CC)CC1. The van der Waals surface area contributed by atoms with E-state index in [1.807, 2.05) is 12.1 Å². The van der Waals surface area contributed by atoms with E-state index in [4.69, 9.17) is 30.5 Å². The first kappa shape index (κ1) is 37.6. The fraction of sp³-hybridized carbons (Fsp3) is 0.528. The number of aliphatic hydroxyl groups is 2. The van der Waals surface area contributed by atoms with Crippen LogP contribution in [0.25, 0.3) is 10.9 Å². The van der Waals surface area contributed by atoms with Gasteiger partial charge in [-0.05, 0) is 75.4 Å². The molecule has 2 heterocycles. The molecule has 1 saturated heterocycles. The minimum Gasteiger partial charge on any atom is -0.496 e. The lowest BCUT2D eigenvalue weighted by atomic mass is 9.99. The minimum absolute atomic E-state index is 0.0295. The Morgan fingerprint density at radius 1 is 1.10 bits per heavy atom. The van der Waals surface area contributed by atoms with Gasteiger partial charge in [0.25, 0.3) is 0 Å². The summed E-state index contributed by atoms with van der Waals surface area (Å²) in [5.41, 5.74) is 1.78. The van der Waals surface area contributed by atoms with Crippen molar-refractivity contribution in [1.29, 1.82) is 0 Å². The van der Waals surface area contributed by atoms with Crippen molar-refractivity contribution in [2.24, 2.45) is 5.92 Å². The molecule has 1 fully saturated rings. The Morgan fingerprint density at radius 2 is 1.90 bits per heavy atom. The second-order valence-electron chi connectivity index (χ2n) is 11.9. The number of halogens is 2. The maximum Gasteiger partial charge on any atom is 0.163 e. The molecule has 0 saturated carbocycles. The van der Waals surface area contributed by atoms with Gasteiger partial charge in [0.05, 0.1) is 30.9 Å². The average Bonchev–Trinajstić information content (AvgIpc) is 3.11. The molecule has 1 aromatic heterocycles. The number of pyridine rings is 1. The highest BCUT2D eigenvalue weighted by molar-refractivity contribution is 6.31. The number of fused-ring (bicyclic) bond motifs is 1. The number of hydrogen-bond donors (Lipinski definition) is 5. The van der Waals surface area contributed by atoms with E-state index in [0.717, 1.165) is 56.5 Å². The third kappa shape index (κ3) is 11.2. The molecule has 1 aliphatic carbocycles. The number of nitrogens with zero attached hydrogens (tertiary/aromatic N) is 1. The van der Waals surface area contributed by atoms with Crippen molar-refractivity contribution in [3.05, 3.63) is 70.6 Å². The highest BCUT2D eigenvalue weighted by atomic mass is 35.5. The van der Waals surface area contributed by atoms with Crippen molar-refractivity contribution in [2.75, 3.05) is 46.5 Å². The summed E-state index contributed by atoms with van der Waals surface area (Å²) >= 11 is 6.35. The molecule has 10 nitrogen and oxygen atoms in total. The number of piperidine rings is 1. The van der Waals surface area contributed by atoms with Crippen molar-refractivity contribution >= 4 is 22.5 Å². The first-order valence-electron chi connectivity index (χ1n) is 16.9. The number of rotatable bonds is 19. The zero-order valence-electron chi connectivity index (χ0n) is 28.2. The predicted molar refractivity (Wildman–Crippen MR) is 187 cm³/mol. The number of benzene rings is 1. The zero-order chi connectivity index (χ0) is 34.3. The van der Waals surface area contributed by atoms with Crippen molar-refractivity contribution in [1.82, 2.24) is 20.9 Å². The monoisotopic (exact) mass is 688 g/mol. The van der Waals surface area contributed by atoms with E-state index in [-0.39, 0.29) is 18.7 Å². The highest BCUT2D eigenvalue weighted by Crippen LogP contribution is 2.37. The fourth-order valence-electron chi connectivity index (χ4n) is 5.47. The summed E-state index contributed by atoms with van der Waals surface area (Å²) in [6.07, 6.45) is 9.63. The van der Waals surface area contributed by atoms with Crippen LogP contribution in [0.5, 0.6) is 17.2 Å². The molecule has 2 atom stereocenters. The summed E-state index contributed by atoms with van der Waals surface area (Å²) in [7, 11) is 1.58. The van der Waals surface area contributed by atoms with Crippen LogP contribution in [0.15, 0.2) is 70.6 Å². The van der Waals surface area contributed by atoms with Gasteiger partial charge in [-0.3, -0.25) is 15.6 Å². The van der Waals surface area contributed by atoms with Gasteiger partial charge in [-0.2, -0.15) is 0 Å². The van der Waals surface area contributed by atoms with Crippen LogP contribution in [-0.4, -0.2) is 74.2 Å². The number of allylic oxidation sites excluding steroid dienone is 5. The zero-order valence-corrected chi connectivity index (χ0v) is 29.0. The maximum absolute atomic E-state index is 15.0. The predicted octanol–water partition coefficient (Wildman–Crippen LogP) is 5.95. The van der Waals surface area contributed by atoms with Crippen LogP contribution in [0.4, 0.5) is 4.39 Å². The van der Waals surface area contributed by atoms with Crippen LogP contribution in [0.2, 0.25) is 0 Å². The molecule has 1 aliphatic heterocycles. The van der Waals surface area contributed by atoms with Crippen molar-refractivity contribution in [2.45, 2.75) is 71.2 Å². The van der Waals surface area contributed by atoms with E-state index >= 15 is 0 Å². The van der Waals surface area contributed by atoms with Gasteiger partial charge in [-0.1, -0.05) is 37.1 Å². The maximum atomic E-state index is 15.0. The lowest BCUT2D eigenvalue weighted by Gasteiger charge is -2.23. The van der Waals surface area contributed by atoms with Crippen molar-refractivity contribution in [3.8, 4) is 17.2 Å². The smallest absolute Gasteiger partial charge is 0.163 e. The molecule has 2 aliphatic rings. The molecule has 0 amide bonds. The molecule has 2 unspecified atom stereocenters. The molecule has 12 heteroatoms. The summed E-state index contributed by atoms with van der Waals surface area (Å²) in [6, 6.07) is 5.28. The Morgan fingerprint density at radius 3 is 2.62 bits per heavy atom. The highest BCUT2D eigenvalue weighted by Gasteiger charge is 2.19. The summed E-state index contributed by atoms with van der Waals surface area (Å²) in [5, 5.41) is 31.2. The van der Waals surface area contributed by atoms with Crippen LogP contribution >= 0.6 is 11.6 Å². The topological polar surface area (TPSA) is 126 Å². The lowest BCUT2D eigenvalue weighted by Crippen LogP contribution is -2.48. The Balaban J connectivity index is 1.31. The average molecular weight is 689 g/mol. The Kier molecular flexibility index (Phi) is 15.5. The molecule has 2 aromatic rings. The number of nitrogens with one attached hydrogen (secondary N) is 3. The van der Waals surface area contributed by atoms with Crippen LogP contribution in [0, 0.1) is 5.92 Å². The molecular formula is C36H50ClFN4O6. The van der Waals surface area contributed by atoms with Crippen LogP contribution in [-0.2, 0) is 4.74 Å². The Labute approximate surface area is 288 Å². The van der Waals surface area contributed by atoms with Gasteiger partial charge in [0.2, 0.25) is 0 Å². The molecule has 4 rings (SSSR count). The standard InChI is InChI=1S/C36H50ClFN4O6/c1-4-19-46-31-9-8-24(20-27(31)37)12-17-42-36(44)35(43)41-14-6-7-32(28(38)5-2)48-30-13-18-40-29-22-34(33(45-3)21-26(29)30)47-23-25-10-15-39-16-11-25/h6-7,13,18,20-22,25,35-36,39,41-44H,4-5,8-12,14-17,19,23H2,1-3H3/b7-6-,32-28-. The van der Waals surface area contributed by atoms with E-state index in [0.29, 0.717) is 65.3 Å². The largest absolute Gasteiger partial charge is 0.496 e. The van der Waals surface area contributed by atoms with Gasteiger partial charge in [-0.15, -0.1) is 0 Å². The van der Waals surface area contributed by atoms with E-state index in [2.05, 4.69) is 27.9 Å². The number of aromatic nitrogens is 1. The Hall–Kier alpha value is -3.19. The number of hydrogen-bond acceptors (Lipinski definition) is 10. The van der Waals surface area contributed by atoms with Gasteiger partial charge in [0.15, 0.2) is 17.3 Å². The first-order chi connectivity index (χ1) is 23.3. The summed E-state index contributed by atoms with van der Waals surface area (Å²) in [4.78, 5) is 4.48. The third-order valence-electron chi connectivity index (χ3n) is 8.28. The molecule has 0 bridgehead atoms.